The van der Waals surface area contributed by atoms with Crippen molar-refractivity contribution < 1.29 is 28.7 Å². The van der Waals surface area contributed by atoms with E-state index >= 15 is 0 Å². The Morgan fingerprint density at radius 3 is 1.92 bits per heavy atom. The van der Waals surface area contributed by atoms with E-state index in [0.717, 1.165) is 54.5 Å². The zero-order chi connectivity index (χ0) is 35.6. The molecule has 2 saturated carbocycles. The third-order valence-corrected chi connectivity index (χ3v) is 10.2. The summed E-state index contributed by atoms with van der Waals surface area (Å²) in [6.07, 6.45) is 6.55. The summed E-state index contributed by atoms with van der Waals surface area (Å²) in [6.45, 7) is 5.05. The number of aromatic nitrogens is 2. The van der Waals surface area contributed by atoms with Crippen molar-refractivity contribution in [1.29, 1.82) is 0 Å². The number of H-pyrrole nitrogens is 1. The van der Waals surface area contributed by atoms with Gasteiger partial charge in [0.05, 0.1) is 25.1 Å². The number of aromatic amines is 1. The summed E-state index contributed by atoms with van der Waals surface area (Å²) in [4.78, 5) is 75.3. The van der Waals surface area contributed by atoms with Crippen LogP contribution in [-0.2, 0) is 28.7 Å². The smallest absolute Gasteiger partial charge is 0.247 e. The van der Waals surface area contributed by atoms with Gasteiger partial charge in [-0.05, 0) is 81.2 Å². The molecule has 51 heavy (non-hydrogen) atoms. The standard InChI is InChI=1S/C38H45N7O6/c1-22(40-34(46)27-9-10-27)37(49)44-17-3-4-31(44)36(48)42-29-15-13-25(14-16-29)24-5-7-26(8-6-24)30-20-39-33(43-30)32-21-51-19-18-45(32)38(50)23(2)41-35(47)28-11-12-28/h5-8,13-16,20,22-23,27-28,31-32H,3-4,9-12,17-19,21H2,1-2H3,(H,39,43)(H,40,46)(H,41,47)(H,42,48)/t22-,23-,31+,32+/m1/s1. The summed E-state index contributed by atoms with van der Waals surface area (Å²) >= 11 is 0. The van der Waals surface area contributed by atoms with Crippen molar-refractivity contribution in [1.82, 2.24) is 30.4 Å². The van der Waals surface area contributed by atoms with Crippen LogP contribution in [0.15, 0.2) is 54.7 Å². The van der Waals surface area contributed by atoms with Crippen molar-refractivity contribution in [2.45, 2.75) is 76.5 Å². The van der Waals surface area contributed by atoms with Crippen molar-refractivity contribution in [3.63, 3.8) is 0 Å². The third kappa shape index (κ3) is 7.83. The van der Waals surface area contributed by atoms with E-state index in [1.165, 1.54) is 0 Å². The van der Waals surface area contributed by atoms with E-state index in [2.05, 4.69) is 25.9 Å². The number of nitrogens with one attached hydrogen (secondary N) is 4. The quantitative estimate of drug-likeness (QED) is 0.239. The van der Waals surface area contributed by atoms with Gasteiger partial charge in [0.1, 0.15) is 30.0 Å². The lowest BCUT2D eigenvalue weighted by Crippen LogP contribution is -2.52. The van der Waals surface area contributed by atoms with E-state index in [9.17, 15) is 24.0 Å². The molecule has 4 N–H and O–H groups in total. The van der Waals surface area contributed by atoms with Gasteiger partial charge >= 0.3 is 0 Å². The van der Waals surface area contributed by atoms with E-state index in [-0.39, 0.29) is 47.4 Å². The molecule has 1 aromatic heterocycles. The first-order chi connectivity index (χ1) is 24.7. The van der Waals surface area contributed by atoms with Crippen molar-refractivity contribution in [2.75, 3.05) is 31.6 Å². The predicted molar refractivity (Wildman–Crippen MR) is 189 cm³/mol. The van der Waals surface area contributed by atoms with E-state index in [1.807, 2.05) is 48.5 Å². The molecule has 0 unspecified atom stereocenters. The summed E-state index contributed by atoms with van der Waals surface area (Å²) in [5, 5.41) is 8.62. The molecule has 4 fully saturated rings. The average Bonchev–Trinajstić information content (AvgIpc) is 4.08. The van der Waals surface area contributed by atoms with Crippen LogP contribution in [0, 0.1) is 11.8 Å². The minimum atomic E-state index is -0.665. The molecule has 0 radical (unpaired) electrons. The maximum Gasteiger partial charge on any atom is 0.247 e. The SMILES string of the molecule is C[C@@H](NC(=O)C1CC1)C(=O)N1CCC[C@H]1C(=O)Nc1ccc(-c2ccc(-c3cnc([C@@H]4COCCN4C(=O)[C@@H](C)NC(=O)C4CC4)[nH]3)cc2)cc1. The maximum atomic E-state index is 13.3. The second kappa shape index (κ2) is 14.7. The first kappa shape index (κ1) is 34.4. The molecular formula is C38H45N7O6. The van der Waals surface area contributed by atoms with Gasteiger partial charge < -0.3 is 35.5 Å². The number of amides is 5. The number of ether oxygens (including phenoxy) is 1. The molecule has 13 heteroatoms. The van der Waals surface area contributed by atoms with E-state index in [4.69, 9.17) is 4.74 Å². The second-order valence-electron chi connectivity index (χ2n) is 14.1. The molecular weight excluding hydrogens is 650 g/mol. The van der Waals surface area contributed by atoms with E-state index in [1.54, 1.807) is 29.8 Å². The van der Waals surface area contributed by atoms with Crippen LogP contribution in [0.25, 0.3) is 22.4 Å². The number of morpholine rings is 1. The maximum absolute atomic E-state index is 13.3. The first-order valence-corrected chi connectivity index (χ1v) is 18.0. The molecule has 4 atom stereocenters. The van der Waals surface area contributed by atoms with Gasteiger partial charge in [-0.15, -0.1) is 0 Å². The highest BCUT2D eigenvalue weighted by molar-refractivity contribution is 5.99. The van der Waals surface area contributed by atoms with Crippen LogP contribution in [0.2, 0.25) is 0 Å². The fourth-order valence-electron chi connectivity index (χ4n) is 6.84. The molecule has 0 bridgehead atoms. The Morgan fingerprint density at radius 2 is 1.31 bits per heavy atom. The number of carbonyl (C=O) groups excluding carboxylic acids is 5. The molecule has 2 aliphatic carbocycles. The second-order valence-corrected chi connectivity index (χ2v) is 14.1. The largest absolute Gasteiger partial charge is 0.377 e. The molecule has 0 spiro atoms. The van der Waals surface area contributed by atoms with Gasteiger partial charge in [-0.25, -0.2) is 4.98 Å². The molecule has 2 aliphatic heterocycles. The summed E-state index contributed by atoms with van der Waals surface area (Å²) in [7, 11) is 0. The van der Waals surface area contributed by atoms with Gasteiger partial charge in [0, 0.05) is 30.6 Å². The van der Waals surface area contributed by atoms with Crippen molar-refractivity contribution >= 4 is 35.2 Å². The Kier molecular flexibility index (Phi) is 9.90. The number of likely N-dealkylation sites (tertiary alicyclic amines) is 1. The van der Waals surface area contributed by atoms with Crippen LogP contribution in [0.4, 0.5) is 5.69 Å². The first-order valence-electron chi connectivity index (χ1n) is 18.0. The Balaban J connectivity index is 0.950. The molecule has 4 aliphatic rings. The summed E-state index contributed by atoms with van der Waals surface area (Å²) < 4.78 is 5.71. The zero-order valence-corrected chi connectivity index (χ0v) is 29.0. The lowest BCUT2D eigenvalue weighted by Gasteiger charge is -2.36. The minimum Gasteiger partial charge on any atom is -0.377 e. The van der Waals surface area contributed by atoms with Gasteiger partial charge in [-0.2, -0.15) is 0 Å². The highest BCUT2D eigenvalue weighted by atomic mass is 16.5. The van der Waals surface area contributed by atoms with E-state index < -0.39 is 18.1 Å². The van der Waals surface area contributed by atoms with Gasteiger partial charge in [0.25, 0.3) is 0 Å². The lowest BCUT2D eigenvalue weighted by atomic mass is 10.0. The molecule has 2 aromatic carbocycles. The Labute approximate surface area is 296 Å². The van der Waals surface area contributed by atoms with Gasteiger partial charge in [0.2, 0.25) is 29.5 Å². The normalized spacial score (nSPS) is 21.5. The monoisotopic (exact) mass is 695 g/mol. The van der Waals surface area contributed by atoms with Crippen LogP contribution in [0.1, 0.15) is 64.2 Å². The highest BCUT2D eigenvalue weighted by Gasteiger charge is 2.39. The van der Waals surface area contributed by atoms with E-state index in [0.29, 0.717) is 44.2 Å². The fraction of sp³-hybridized carbons (Fsp3) is 0.474. The predicted octanol–water partition coefficient (Wildman–Crippen LogP) is 3.40. The number of carbonyl (C=O) groups is 5. The Morgan fingerprint density at radius 1 is 0.745 bits per heavy atom. The fourth-order valence-corrected chi connectivity index (χ4v) is 6.84. The summed E-state index contributed by atoms with van der Waals surface area (Å²) in [5.41, 5.74) is 4.34. The van der Waals surface area contributed by atoms with Gasteiger partial charge in [0.15, 0.2) is 0 Å². The van der Waals surface area contributed by atoms with Gasteiger partial charge in [-0.1, -0.05) is 36.4 Å². The third-order valence-electron chi connectivity index (χ3n) is 10.2. The van der Waals surface area contributed by atoms with Gasteiger partial charge in [-0.3, -0.25) is 24.0 Å². The van der Waals surface area contributed by atoms with Crippen LogP contribution in [-0.4, -0.2) is 93.7 Å². The Bertz CT molecular complexity index is 1780. The number of imidazole rings is 1. The molecule has 7 rings (SSSR count). The highest BCUT2D eigenvalue weighted by Crippen LogP contribution is 2.31. The van der Waals surface area contributed by atoms with Crippen LogP contribution >= 0.6 is 0 Å². The number of hydrogen-bond acceptors (Lipinski definition) is 7. The molecule has 2 saturated heterocycles. The lowest BCUT2D eigenvalue weighted by molar-refractivity contribution is -0.144. The molecule has 3 aromatic rings. The minimum absolute atomic E-state index is 0.0141. The van der Waals surface area contributed by atoms with Crippen molar-refractivity contribution in [3.8, 4) is 22.4 Å². The topological polar surface area (TPSA) is 166 Å². The average molecular weight is 696 g/mol. The molecule has 5 amide bonds. The zero-order valence-electron chi connectivity index (χ0n) is 29.0. The number of rotatable bonds is 11. The number of hydrogen-bond donors (Lipinski definition) is 4. The van der Waals surface area contributed by atoms with Crippen LogP contribution in [0.5, 0.6) is 0 Å². The number of nitrogens with zero attached hydrogens (tertiary/aromatic N) is 3. The molecule has 268 valence electrons. The van der Waals surface area contributed by atoms with Crippen molar-refractivity contribution in [2.24, 2.45) is 11.8 Å². The number of benzene rings is 2. The summed E-state index contributed by atoms with van der Waals surface area (Å²) in [5.74, 6) is -0.0950. The molecule has 3 heterocycles. The van der Waals surface area contributed by atoms with Crippen LogP contribution in [0.3, 0.4) is 0 Å². The van der Waals surface area contributed by atoms with Crippen molar-refractivity contribution in [3.05, 3.63) is 60.6 Å². The summed E-state index contributed by atoms with van der Waals surface area (Å²) in [6, 6.07) is 13.3. The molecule has 13 nitrogen and oxygen atoms in total. The van der Waals surface area contributed by atoms with Crippen LogP contribution < -0.4 is 16.0 Å². The number of anilines is 1. The Hall–Kier alpha value is -5.04.